The predicted octanol–water partition coefficient (Wildman–Crippen LogP) is 1.51. The Hall–Kier alpha value is -1.53. The number of carbonyl (C=O) groups excluding carboxylic acids is 1. The van der Waals surface area contributed by atoms with Crippen LogP contribution in [0, 0.1) is 11.6 Å². The molecule has 1 rings (SSSR count). The molecule has 19 heavy (non-hydrogen) atoms. The molecule has 0 aliphatic heterocycles. The molecule has 0 heterocycles. The minimum atomic E-state index is -0.685. The molecule has 3 N–H and O–H groups in total. The fourth-order valence-electron chi connectivity index (χ4n) is 1.70. The van der Waals surface area contributed by atoms with Crippen LogP contribution in [0.5, 0.6) is 0 Å². The van der Waals surface area contributed by atoms with E-state index in [1.807, 2.05) is 0 Å². The molecular weight excluding hydrogens is 254 g/mol. The number of nitrogens with one attached hydrogen (secondary N) is 1. The molecule has 1 aromatic carbocycles. The number of methoxy groups -OCH3 is 1. The molecule has 4 nitrogen and oxygen atoms in total. The molecular formula is C13H18F2N2O2. The lowest BCUT2D eigenvalue weighted by molar-refractivity contribution is -0.124. The van der Waals surface area contributed by atoms with Crippen LogP contribution in [-0.4, -0.2) is 25.7 Å². The van der Waals surface area contributed by atoms with Crippen LogP contribution in [0.15, 0.2) is 18.2 Å². The molecule has 0 spiro atoms. The lowest BCUT2D eigenvalue weighted by Crippen LogP contribution is -2.33. The van der Waals surface area contributed by atoms with E-state index in [-0.39, 0.29) is 30.5 Å². The van der Waals surface area contributed by atoms with Gasteiger partial charge in [0.25, 0.3) is 0 Å². The Balaban J connectivity index is 2.63. The summed E-state index contributed by atoms with van der Waals surface area (Å²) in [6, 6.07) is 2.70. The Morgan fingerprint density at radius 3 is 2.68 bits per heavy atom. The number of nitrogens with two attached hydrogens (primary N) is 1. The number of benzene rings is 1. The average molecular weight is 272 g/mol. The number of carbonyl (C=O) groups is 1. The molecule has 0 fully saturated rings. The van der Waals surface area contributed by atoms with Crippen molar-refractivity contribution in [2.45, 2.75) is 25.5 Å². The molecule has 2 unspecified atom stereocenters. The van der Waals surface area contributed by atoms with E-state index in [9.17, 15) is 13.6 Å². The van der Waals surface area contributed by atoms with E-state index in [2.05, 4.69) is 5.32 Å². The van der Waals surface area contributed by atoms with Gasteiger partial charge >= 0.3 is 0 Å². The van der Waals surface area contributed by atoms with Crippen molar-refractivity contribution in [3.63, 3.8) is 0 Å². The summed E-state index contributed by atoms with van der Waals surface area (Å²) in [7, 11) is 1.47. The van der Waals surface area contributed by atoms with E-state index >= 15 is 0 Å². The van der Waals surface area contributed by atoms with Gasteiger partial charge in [0, 0.05) is 25.3 Å². The molecule has 0 saturated heterocycles. The van der Waals surface area contributed by atoms with Crippen LogP contribution >= 0.6 is 0 Å². The van der Waals surface area contributed by atoms with Gasteiger partial charge in [0.2, 0.25) is 5.91 Å². The van der Waals surface area contributed by atoms with Crippen molar-refractivity contribution in [3.8, 4) is 0 Å². The molecule has 0 aromatic heterocycles. The monoisotopic (exact) mass is 272 g/mol. The van der Waals surface area contributed by atoms with Crippen LogP contribution in [0.4, 0.5) is 8.78 Å². The van der Waals surface area contributed by atoms with E-state index in [1.54, 1.807) is 6.92 Å². The summed E-state index contributed by atoms with van der Waals surface area (Å²) in [4.78, 5) is 11.7. The molecule has 0 saturated carbocycles. The lowest BCUT2D eigenvalue weighted by Gasteiger charge is -2.17. The predicted molar refractivity (Wildman–Crippen MR) is 67.4 cm³/mol. The zero-order valence-electron chi connectivity index (χ0n) is 11.0. The standard InChI is InChI=1S/C13H18F2N2O2/c1-8(11-4-3-9(14)5-12(11)15)17-13(18)6-10(7-16)19-2/h3-5,8,10H,6-7,16H2,1-2H3,(H,17,18). The highest BCUT2D eigenvalue weighted by Gasteiger charge is 2.17. The van der Waals surface area contributed by atoms with Gasteiger partial charge in [-0.2, -0.15) is 0 Å². The lowest BCUT2D eigenvalue weighted by atomic mass is 10.1. The normalized spacial score (nSPS) is 13.9. The fraction of sp³-hybridized carbons (Fsp3) is 0.462. The highest BCUT2D eigenvalue weighted by atomic mass is 19.1. The van der Waals surface area contributed by atoms with Crippen molar-refractivity contribution in [1.29, 1.82) is 0 Å². The minimum absolute atomic E-state index is 0.0974. The quantitative estimate of drug-likeness (QED) is 0.825. The first-order valence-electron chi connectivity index (χ1n) is 5.95. The third kappa shape index (κ3) is 4.57. The van der Waals surface area contributed by atoms with Gasteiger partial charge in [0.1, 0.15) is 11.6 Å². The van der Waals surface area contributed by atoms with Gasteiger partial charge in [0.05, 0.1) is 18.6 Å². The van der Waals surface area contributed by atoms with Crippen molar-refractivity contribution in [3.05, 3.63) is 35.4 Å². The molecule has 2 atom stereocenters. The molecule has 106 valence electrons. The van der Waals surface area contributed by atoms with Gasteiger partial charge in [-0.25, -0.2) is 8.78 Å². The highest BCUT2D eigenvalue weighted by Crippen LogP contribution is 2.17. The van der Waals surface area contributed by atoms with Crippen molar-refractivity contribution < 1.29 is 18.3 Å². The Kier molecular flexibility index (Phi) is 5.85. The molecule has 1 aromatic rings. The maximum Gasteiger partial charge on any atom is 0.223 e. The number of amides is 1. The fourth-order valence-corrected chi connectivity index (χ4v) is 1.70. The number of ether oxygens (including phenoxy) is 1. The largest absolute Gasteiger partial charge is 0.380 e. The summed E-state index contributed by atoms with van der Waals surface area (Å²) < 4.78 is 31.3. The summed E-state index contributed by atoms with van der Waals surface area (Å²) in [5, 5.41) is 2.62. The first-order chi connectivity index (χ1) is 8.97. The Bertz CT molecular complexity index is 437. The van der Waals surface area contributed by atoms with Gasteiger partial charge in [-0.15, -0.1) is 0 Å². The average Bonchev–Trinajstić information content (AvgIpc) is 2.35. The van der Waals surface area contributed by atoms with Crippen LogP contribution in [-0.2, 0) is 9.53 Å². The molecule has 0 radical (unpaired) electrons. The number of halogens is 2. The van der Waals surface area contributed by atoms with Gasteiger partial charge in [-0.1, -0.05) is 6.07 Å². The van der Waals surface area contributed by atoms with E-state index in [0.29, 0.717) is 0 Å². The topological polar surface area (TPSA) is 64.3 Å². The number of rotatable bonds is 6. The zero-order valence-corrected chi connectivity index (χ0v) is 11.0. The third-order valence-corrected chi connectivity index (χ3v) is 2.82. The summed E-state index contributed by atoms with van der Waals surface area (Å²) in [6.07, 6.45) is -0.273. The van der Waals surface area contributed by atoms with Crippen LogP contribution in [0.1, 0.15) is 24.9 Å². The van der Waals surface area contributed by atoms with Crippen LogP contribution in [0.2, 0.25) is 0 Å². The molecule has 6 heteroatoms. The maximum atomic E-state index is 13.5. The second kappa shape index (κ2) is 7.16. The van der Waals surface area contributed by atoms with E-state index < -0.39 is 17.7 Å². The summed E-state index contributed by atoms with van der Waals surface area (Å²) in [6.45, 7) is 1.85. The molecule has 1 amide bonds. The minimum Gasteiger partial charge on any atom is -0.380 e. The second-order valence-corrected chi connectivity index (χ2v) is 4.25. The SMILES string of the molecule is COC(CN)CC(=O)NC(C)c1ccc(F)cc1F. The highest BCUT2D eigenvalue weighted by molar-refractivity contribution is 5.77. The van der Waals surface area contributed by atoms with Gasteiger partial charge in [0.15, 0.2) is 0 Å². The Morgan fingerprint density at radius 2 is 2.16 bits per heavy atom. The smallest absolute Gasteiger partial charge is 0.223 e. The number of hydrogen-bond acceptors (Lipinski definition) is 3. The Morgan fingerprint density at radius 1 is 1.47 bits per heavy atom. The summed E-state index contributed by atoms with van der Waals surface area (Å²) >= 11 is 0. The first-order valence-corrected chi connectivity index (χ1v) is 5.95. The zero-order chi connectivity index (χ0) is 14.4. The van der Waals surface area contributed by atoms with Crippen molar-refractivity contribution in [2.75, 3.05) is 13.7 Å². The third-order valence-electron chi connectivity index (χ3n) is 2.82. The Labute approximate surface area is 110 Å². The van der Waals surface area contributed by atoms with E-state index in [4.69, 9.17) is 10.5 Å². The molecule has 0 aliphatic carbocycles. The van der Waals surface area contributed by atoms with Crippen LogP contribution in [0.25, 0.3) is 0 Å². The maximum absolute atomic E-state index is 13.5. The van der Waals surface area contributed by atoms with E-state index in [1.165, 1.54) is 13.2 Å². The van der Waals surface area contributed by atoms with Crippen LogP contribution in [0.3, 0.4) is 0 Å². The van der Waals surface area contributed by atoms with Crippen molar-refractivity contribution in [1.82, 2.24) is 5.32 Å². The van der Waals surface area contributed by atoms with Crippen molar-refractivity contribution >= 4 is 5.91 Å². The molecule has 0 bridgehead atoms. The van der Waals surface area contributed by atoms with Gasteiger partial charge < -0.3 is 15.8 Å². The number of hydrogen-bond donors (Lipinski definition) is 2. The summed E-state index contributed by atoms with van der Waals surface area (Å²) in [5.74, 6) is -1.63. The second-order valence-electron chi connectivity index (χ2n) is 4.25. The van der Waals surface area contributed by atoms with Crippen LogP contribution < -0.4 is 11.1 Å². The van der Waals surface area contributed by atoms with Gasteiger partial charge in [-0.05, 0) is 13.0 Å². The first kappa shape index (κ1) is 15.5. The van der Waals surface area contributed by atoms with E-state index in [0.717, 1.165) is 12.1 Å². The van der Waals surface area contributed by atoms with Gasteiger partial charge in [-0.3, -0.25) is 4.79 Å². The van der Waals surface area contributed by atoms with Crippen molar-refractivity contribution in [2.24, 2.45) is 5.73 Å². The molecule has 0 aliphatic rings. The summed E-state index contributed by atoms with van der Waals surface area (Å²) in [5.41, 5.74) is 5.64.